The summed E-state index contributed by atoms with van der Waals surface area (Å²) >= 11 is 0. The average Bonchev–Trinajstić information content (AvgIpc) is 2.09. The Morgan fingerprint density at radius 2 is 1.19 bits per heavy atom. The molecular formula is C66H103N9O16. The fraction of sp³-hybridized carbons (Fsp3) is 0.652. The van der Waals surface area contributed by atoms with Gasteiger partial charge in [0.25, 0.3) is 0 Å². The van der Waals surface area contributed by atoms with Crippen LogP contribution in [0.15, 0.2) is 60.8 Å². The zero-order valence-electron chi connectivity index (χ0n) is 56.0. The summed E-state index contributed by atoms with van der Waals surface area (Å²) in [6.45, 7) is 25.9. The highest BCUT2D eigenvalue weighted by Gasteiger charge is 2.33. The number of urea groups is 2. The van der Waals surface area contributed by atoms with Gasteiger partial charge in [0.2, 0.25) is 5.91 Å². The standard InChI is InChI=1S/C65H103N9O14.CO2/c1-14-15-17-27-48(56(77)70-51(57(78)87-64(8,9)10)30-21-23-36-67-61(82)85-45-46-25-18-16-19-26-46)43-50(75)34-38-83-40-41-84-39-37-74-53(44-68-73-74)47-28-24-29-49(42-47)69-59(80)66-35-22-20-31-52(58(79)88-65(11,12)13)71-60(81)72-54(62(2,3)4)32-33-55(76)86-63(5,6)7;2-1-3/h16,18-19,24-26,28-29,42,44,48,51-52,54H,14-15,17,20-23,27,30-41,43,45H2,1-13H3,(H,67,82)(H,70,77)(H2,66,69,80)(H2,71,72,81);/t48-,51+,52+,54+;/m1./s1. The molecule has 25 heteroatoms. The number of alkyl carbamates (subject to hydrolysis) is 1. The lowest BCUT2D eigenvalue weighted by Gasteiger charge is -2.32. The van der Waals surface area contributed by atoms with Crippen molar-refractivity contribution in [2.24, 2.45) is 11.3 Å². The molecule has 6 amide bonds. The topological polar surface area (TPSA) is 329 Å². The van der Waals surface area contributed by atoms with Gasteiger partial charge in [0.05, 0.1) is 44.9 Å². The van der Waals surface area contributed by atoms with E-state index in [1.807, 2.05) is 57.2 Å². The number of amides is 6. The molecule has 91 heavy (non-hydrogen) atoms. The average molecular weight is 1280 g/mol. The lowest BCUT2D eigenvalue weighted by Crippen LogP contribution is -2.53. The summed E-state index contributed by atoms with van der Waals surface area (Å²) in [5, 5.41) is 25.4. The smallest absolute Gasteiger partial charge is 0.407 e. The second-order valence-corrected chi connectivity index (χ2v) is 26.1. The van der Waals surface area contributed by atoms with Crippen molar-refractivity contribution in [3.05, 3.63) is 66.4 Å². The minimum Gasteiger partial charge on any atom is -0.460 e. The number of ether oxygens (including phenoxy) is 6. The Morgan fingerprint density at radius 1 is 0.604 bits per heavy atom. The highest BCUT2D eigenvalue weighted by molar-refractivity contribution is 5.91. The van der Waals surface area contributed by atoms with Crippen LogP contribution in [0, 0.1) is 11.3 Å². The number of nitrogens with zero attached hydrogens (tertiary/aromatic N) is 3. The predicted molar refractivity (Wildman–Crippen MR) is 341 cm³/mol. The van der Waals surface area contributed by atoms with Crippen molar-refractivity contribution < 1.29 is 76.4 Å². The molecule has 3 rings (SSSR count). The van der Waals surface area contributed by atoms with Crippen molar-refractivity contribution in [3.8, 4) is 11.3 Å². The number of rotatable bonds is 38. The first kappa shape index (κ1) is 79.3. The van der Waals surface area contributed by atoms with Gasteiger partial charge in [-0.15, -0.1) is 5.10 Å². The second-order valence-electron chi connectivity index (χ2n) is 26.1. The van der Waals surface area contributed by atoms with E-state index in [1.54, 1.807) is 91.4 Å². The fourth-order valence-electron chi connectivity index (χ4n) is 8.96. The molecule has 25 nitrogen and oxygen atoms in total. The number of ketones is 1. The summed E-state index contributed by atoms with van der Waals surface area (Å²) < 4.78 is 35.3. The van der Waals surface area contributed by atoms with Crippen LogP contribution in [-0.4, -0.2) is 143 Å². The monoisotopic (exact) mass is 1280 g/mol. The van der Waals surface area contributed by atoms with Gasteiger partial charge in [0.15, 0.2) is 0 Å². The quantitative estimate of drug-likeness (QED) is 0.0176. The van der Waals surface area contributed by atoms with Gasteiger partial charge in [-0.1, -0.05) is 94.6 Å². The largest absolute Gasteiger partial charge is 0.460 e. The zero-order valence-corrected chi connectivity index (χ0v) is 56.0. The Morgan fingerprint density at radius 3 is 1.78 bits per heavy atom. The third kappa shape index (κ3) is 37.2. The van der Waals surface area contributed by atoms with Gasteiger partial charge < -0.3 is 60.3 Å². The fourth-order valence-corrected chi connectivity index (χ4v) is 8.96. The summed E-state index contributed by atoms with van der Waals surface area (Å²) in [4.78, 5) is 121. The van der Waals surface area contributed by atoms with Crippen LogP contribution in [0.25, 0.3) is 11.3 Å². The number of nitrogens with one attached hydrogen (secondary N) is 6. The Balaban J connectivity index is 0.00000921. The Hall–Kier alpha value is -7.76. The number of hydrogen-bond donors (Lipinski definition) is 6. The first-order valence-corrected chi connectivity index (χ1v) is 31.5. The molecule has 0 saturated heterocycles. The van der Waals surface area contributed by atoms with Crippen LogP contribution in [0.3, 0.4) is 0 Å². The van der Waals surface area contributed by atoms with Crippen LogP contribution in [-0.2, 0) is 75.1 Å². The Labute approximate surface area is 537 Å². The van der Waals surface area contributed by atoms with Gasteiger partial charge in [0.1, 0.15) is 41.3 Å². The van der Waals surface area contributed by atoms with Crippen LogP contribution in [0.4, 0.5) is 20.1 Å². The molecule has 0 aliphatic rings. The van der Waals surface area contributed by atoms with Crippen LogP contribution in [0.2, 0.25) is 0 Å². The third-order valence-corrected chi connectivity index (χ3v) is 13.4. The number of Topliss-reactive ketones (excluding diaryl/α,β-unsaturated/α-hetero) is 1. The van der Waals surface area contributed by atoms with Crippen molar-refractivity contribution in [2.45, 2.75) is 228 Å². The minimum atomic E-state index is -0.961. The molecule has 0 bridgehead atoms. The van der Waals surface area contributed by atoms with Gasteiger partial charge >= 0.3 is 42.2 Å². The van der Waals surface area contributed by atoms with E-state index in [4.69, 9.17) is 38.0 Å². The van der Waals surface area contributed by atoms with E-state index >= 15 is 0 Å². The second kappa shape index (κ2) is 41.6. The van der Waals surface area contributed by atoms with Crippen molar-refractivity contribution in [2.75, 3.05) is 44.8 Å². The number of carbonyl (C=O) groups is 8. The number of unbranched alkanes of at least 4 members (excludes halogenated alkanes) is 4. The SMILES string of the molecule is CCCCC[C@H](CC(=O)CCOCCOCCn1nncc1-c1cccc(NC(=O)NCCCC[C@H](NC(=O)N[C@@H](CCC(=O)OC(C)(C)C)C(C)(C)C)C(=O)OC(C)(C)C)c1)C(=O)N[C@@H](CCCCNC(=O)OCc1ccccc1)C(=O)OC(C)(C)C.O=C=O. The molecule has 4 atom stereocenters. The number of esters is 3. The maximum absolute atomic E-state index is 13.8. The highest BCUT2D eigenvalue weighted by atomic mass is 16.6. The number of anilines is 1. The number of aromatic nitrogens is 3. The van der Waals surface area contributed by atoms with E-state index < -0.39 is 76.4 Å². The lowest BCUT2D eigenvalue weighted by molar-refractivity contribution is -0.192. The van der Waals surface area contributed by atoms with Gasteiger partial charge in [-0.05, 0) is 137 Å². The molecule has 2 aromatic carbocycles. The molecular weight excluding hydrogens is 1170 g/mol. The van der Waals surface area contributed by atoms with E-state index in [2.05, 4.69) is 49.1 Å². The minimum absolute atomic E-state index is 0.00391. The van der Waals surface area contributed by atoms with E-state index in [1.165, 1.54) is 0 Å². The molecule has 0 unspecified atom stereocenters. The Bertz CT molecular complexity index is 2720. The third-order valence-electron chi connectivity index (χ3n) is 13.4. The maximum Gasteiger partial charge on any atom is 0.407 e. The molecule has 1 heterocycles. The summed E-state index contributed by atoms with van der Waals surface area (Å²) in [5.41, 5.74) is 0.249. The zero-order chi connectivity index (χ0) is 68.0. The molecule has 0 saturated carbocycles. The van der Waals surface area contributed by atoms with Crippen LogP contribution >= 0.6 is 0 Å². The predicted octanol–water partition coefficient (Wildman–Crippen LogP) is 9.70. The van der Waals surface area contributed by atoms with E-state index in [9.17, 15) is 38.4 Å². The summed E-state index contributed by atoms with van der Waals surface area (Å²) in [6.07, 6.45) is 7.48. The van der Waals surface area contributed by atoms with Crippen molar-refractivity contribution in [1.29, 1.82) is 0 Å². The van der Waals surface area contributed by atoms with Gasteiger partial charge in [-0.25, -0.2) is 28.7 Å². The summed E-state index contributed by atoms with van der Waals surface area (Å²) in [5.74, 6) is -2.65. The van der Waals surface area contributed by atoms with Crippen LogP contribution in [0.1, 0.15) is 185 Å². The molecule has 3 aromatic rings. The molecule has 1 aromatic heterocycles. The number of benzene rings is 2. The Kier molecular flexibility index (Phi) is 36.3. The lowest BCUT2D eigenvalue weighted by atomic mass is 9.84. The van der Waals surface area contributed by atoms with Gasteiger partial charge in [-0.2, -0.15) is 9.59 Å². The maximum atomic E-state index is 13.8. The summed E-state index contributed by atoms with van der Waals surface area (Å²) in [7, 11) is 0. The van der Waals surface area contributed by atoms with Crippen molar-refractivity contribution >= 4 is 59.6 Å². The number of hydrogen-bond acceptors (Lipinski definition) is 18. The first-order valence-electron chi connectivity index (χ1n) is 31.5. The first-order chi connectivity index (χ1) is 42.8. The van der Waals surface area contributed by atoms with Gasteiger partial charge in [0, 0.05) is 55.6 Å². The molecule has 0 aliphatic carbocycles. The van der Waals surface area contributed by atoms with E-state index in [0.717, 1.165) is 30.4 Å². The van der Waals surface area contributed by atoms with Gasteiger partial charge in [-0.3, -0.25) is 14.4 Å². The highest BCUT2D eigenvalue weighted by Crippen LogP contribution is 2.25. The summed E-state index contributed by atoms with van der Waals surface area (Å²) in [6, 6.07) is 13.3. The van der Waals surface area contributed by atoms with Crippen LogP contribution in [0.5, 0.6) is 0 Å². The number of carbonyl (C=O) groups excluding carboxylic acids is 10. The molecule has 0 aliphatic heterocycles. The molecule has 6 N–H and O–H groups in total. The van der Waals surface area contributed by atoms with E-state index in [-0.39, 0.29) is 95.5 Å². The normalized spacial score (nSPS) is 12.8. The molecule has 0 fully saturated rings. The van der Waals surface area contributed by atoms with Crippen LogP contribution < -0.4 is 31.9 Å². The molecule has 508 valence electrons. The van der Waals surface area contributed by atoms with E-state index in [0.29, 0.717) is 63.0 Å². The molecule has 0 radical (unpaired) electrons. The van der Waals surface area contributed by atoms with Crippen molar-refractivity contribution in [1.82, 2.24) is 41.6 Å². The van der Waals surface area contributed by atoms with Crippen molar-refractivity contribution in [3.63, 3.8) is 0 Å². The molecule has 0 spiro atoms.